The van der Waals surface area contributed by atoms with Gasteiger partial charge in [-0.3, -0.25) is 0 Å². The number of rotatable bonds is 0. The zero-order valence-corrected chi connectivity index (χ0v) is 10.4. The number of halogens is 1. The Bertz CT molecular complexity index is 843. The first-order valence-corrected chi connectivity index (χ1v) is 5.68. The minimum atomic E-state index is 0. The van der Waals surface area contributed by atoms with Crippen LogP contribution in [0, 0.1) is 0 Å². The molecule has 0 saturated carbocycles. The summed E-state index contributed by atoms with van der Waals surface area (Å²) < 4.78 is 0. The summed E-state index contributed by atoms with van der Waals surface area (Å²) >= 11 is 0. The van der Waals surface area contributed by atoms with Gasteiger partial charge in [0.05, 0.1) is 16.6 Å². The number of H-pyrrole nitrogens is 1. The molecule has 0 unspecified atom stereocenters. The van der Waals surface area contributed by atoms with Crippen LogP contribution in [0.2, 0.25) is 0 Å². The monoisotopic (exact) mass is 254 g/mol. The maximum absolute atomic E-state index is 4.73. The highest BCUT2D eigenvalue weighted by Crippen LogP contribution is 2.26. The largest absolute Gasteiger partial charge is 0.353 e. The molecule has 0 bridgehead atoms. The number of fused-ring (bicyclic) bond motifs is 4. The molecule has 4 aromatic rings. The zero-order chi connectivity index (χ0) is 11.2. The quantitative estimate of drug-likeness (QED) is 0.498. The van der Waals surface area contributed by atoms with Crippen molar-refractivity contribution in [2.24, 2.45) is 0 Å². The Morgan fingerprint density at radius 2 is 1.61 bits per heavy atom. The van der Waals surface area contributed by atoms with Crippen LogP contribution in [0.25, 0.3) is 32.8 Å². The van der Waals surface area contributed by atoms with Crippen LogP contribution in [-0.4, -0.2) is 9.97 Å². The van der Waals surface area contributed by atoms with E-state index in [-0.39, 0.29) is 12.4 Å². The van der Waals surface area contributed by atoms with Crippen LogP contribution in [0.15, 0.2) is 54.6 Å². The Labute approximate surface area is 110 Å². The van der Waals surface area contributed by atoms with E-state index in [0.717, 1.165) is 22.1 Å². The minimum Gasteiger partial charge on any atom is -0.353 e. The maximum atomic E-state index is 4.73. The van der Waals surface area contributed by atoms with E-state index < -0.39 is 0 Å². The summed E-state index contributed by atoms with van der Waals surface area (Å²) in [7, 11) is 0. The molecule has 4 rings (SSSR count). The first-order chi connectivity index (χ1) is 8.42. The normalized spacial score (nSPS) is 10.9. The Morgan fingerprint density at radius 3 is 2.56 bits per heavy atom. The second-order valence-electron chi connectivity index (χ2n) is 4.25. The second-order valence-corrected chi connectivity index (χ2v) is 4.25. The lowest BCUT2D eigenvalue weighted by Crippen LogP contribution is -1.79. The number of nitrogens with zero attached hydrogens (tertiary/aromatic N) is 1. The lowest BCUT2D eigenvalue weighted by Gasteiger charge is -1.96. The SMILES string of the molecule is Cl.c1ccc2nc3c(cc2c1)[nH]c1ccccc13. The predicted molar refractivity (Wildman–Crippen MR) is 78.4 cm³/mol. The molecule has 2 aromatic carbocycles. The Balaban J connectivity index is 0.000001000. The molecule has 2 nitrogen and oxygen atoms in total. The van der Waals surface area contributed by atoms with Crippen molar-refractivity contribution in [2.75, 3.05) is 0 Å². The van der Waals surface area contributed by atoms with Gasteiger partial charge in [0.15, 0.2) is 0 Å². The predicted octanol–water partition coefficient (Wildman–Crippen LogP) is 4.29. The lowest BCUT2D eigenvalue weighted by atomic mass is 10.2. The highest BCUT2D eigenvalue weighted by Gasteiger charge is 2.05. The summed E-state index contributed by atoms with van der Waals surface area (Å²) in [5, 5.41) is 2.36. The van der Waals surface area contributed by atoms with Crippen LogP contribution in [0.3, 0.4) is 0 Å². The molecule has 0 atom stereocenters. The molecule has 0 radical (unpaired) electrons. The number of hydrogen-bond acceptors (Lipinski definition) is 1. The second kappa shape index (κ2) is 4.00. The number of pyridine rings is 1. The van der Waals surface area contributed by atoms with Gasteiger partial charge in [-0.2, -0.15) is 0 Å². The Kier molecular flexibility index (Phi) is 2.46. The van der Waals surface area contributed by atoms with Gasteiger partial charge >= 0.3 is 0 Å². The van der Waals surface area contributed by atoms with Crippen LogP contribution in [0.5, 0.6) is 0 Å². The molecule has 1 N–H and O–H groups in total. The van der Waals surface area contributed by atoms with Crippen molar-refractivity contribution in [1.82, 2.24) is 9.97 Å². The first-order valence-electron chi connectivity index (χ1n) is 5.68. The third-order valence-corrected chi connectivity index (χ3v) is 3.18. The molecule has 0 aliphatic carbocycles. The van der Waals surface area contributed by atoms with Crippen LogP contribution in [-0.2, 0) is 0 Å². The molecule has 2 heterocycles. The number of hydrogen-bond donors (Lipinski definition) is 1. The third kappa shape index (κ3) is 1.46. The summed E-state index contributed by atoms with van der Waals surface area (Å²) in [6.45, 7) is 0. The number of nitrogens with one attached hydrogen (secondary N) is 1. The number of aromatic amines is 1. The van der Waals surface area contributed by atoms with Gasteiger partial charge in [-0.1, -0.05) is 36.4 Å². The van der Waals surface area contributed by atoms with Gasteiger partial charge in [0.2, 0.25) is 0 Å². The minimum absolute atomic E-state index is 0. The molecule has 3 heteroatoms. The molecule has 0 spiro atoms. The summed E-state index contributed by atoms with van der Waals surface area (Å²) in [5.74, 6) is 0. The van der Waals surface area contributed by atoms with Gasteiger partial charge in [-0.15, -0.1) is 12.4 Å². The molecular formula is C15H11ClN2. The molecule has 88 valence electrons. The van der Waals surface area contributed by atoms with Crippen LogP contribution in [0.1, 0.15) is 0 Å². The van der Waals surface area contributed by atoms with E-state index in [1.807, 2.05) is 24.3 Å². The van der Waals surface area contributed by atoms with Gasteiger partial charge < -0.3 is 4.98 Å². The van der Waals surface area contributed by atoms with Crippen molar-refractivity contribution in [3.8, 4) is 0 Å². The highest BCUT2D eigenvalue weighted by atomic mass is 35.5. The molecule has 0 fully saturated rings. The van der Waals surface area contributed by atoms with E-state index in [1.165, 1.54) is 10.8 Å². The van der Waals surface area contributed by atoms with Gasteiger partial charge in [-0.05, 0) is 18.2 Å². The average molecular weight is 255 g/mol. The molecule has 0 amide bonds. The number of aromatic nitrogens is 2. The van der Waals surface area contributed by atoms with E-state index in [2.05, 4.69) is 35.3 Å². The van der Waals surface area contributed by atoms with Gasteiger partial charge in [0, 0.05) is 16.3 Å². The fraction of sp³-hybridized carbons (Fsp3) is 0. The van der Waals surface area contributed by atoms with Crippen LogP contribution < -0.4 is 0 Å². The van der Waals surface area contributed by atoms with Crippen LogP contribution >= 0.6 is 12.4 Å². The molecule has 0 saturated heterocycles. The number of para-hydroxylation sites is 2. The molecule has 18 heavy (non-hydrogen) atoms. The summed E-state index contributed by atoms with van der Waals surface area (Å²) in [4.78, 5) is 8.14. The van der Waals surface area contributed by atoms with E-state index in [0.29, 0.717) is 0 Å². The van der Waals surface area contributed by atoms with Crippen LogP contribution in [0.4, 0.5) is 0 Å². The smallest absolute Gasteiger partial charge is 0.0965 e. The van der Waals surface area contributed by atoms with Crippen molar-refractivity contribution in [1.29, 1.82) is 0 Å². The van der Waals surface area contributed by atoms with Gasteiger partial charge in [0.25, 0.3) is 0 Å². The van der Waals surface area contributed by atoms with E-state index in [4.69, 9.17) is 4.98 Å². The van der Waals surface area contributed by atoms with Crippen molar-refractivity contribution in [2.45, 2.75) is 0 Å². The maximum Gasteiger partial charge on any atom is 0.0965 e. The molecule has 2 aromatic heterocycles. The topological polar surface area (TPSA) is 28.7 Å². The Hall–Kier alpha value is -2.06. The van der Waals surface area contributed by atoms with Crippen molar-refractivity contribution in [3.63, 3.8) is 0 Å². The average Bonchev–Trinajstić information content (AvgIpc) is 2.73. The lowest BCUT2D eigenvalue weighted by molar-refractivity contribution is 1.49. The van der Waals surface area contributed by atoms with E-state index in [1.54, 1.807) is 0 Å². The van der Waals surface area contributed by atoms with Crippen molar-refractivity contribution >= 4 is 45.2 Å². The van der Waals surface area contributed by atoms with Crippen molar-refractivity contribution < 1.29 is 0 Å². The summed E-state index contributed by atoms with van der Waals surface area (Å²) in [5.41, 5.74) is 4.35. The standard InChI is InChI=1S/C15H10N2.ClH/c1-3-7-12-10(5-1)9-14-15(17-12)11-6-2-4-8-13(11)16-14;/h1-9,16H;1H. The summed E-state index contributed by atoms with van der Waals surface area (Å²) in [6.07, 6.45) is 0. The fourth-order valence-corrected chi connectivity index (χ4v) is 2.36. The Morgan fingerprint density at radius 1 is 0.833 bits per heavy atom. The highest BCUT2D eigenvalue weighted by molar-refractivity contribution is 6.07. The van der Waals surface area contributed by atoms with Crippen molar-refractivity contribution in [3.05, 3.63) is 54.6 Å². The van der Waals surface area contributed by atoms with E-state index in [9.17, 15) is 0 Å². The van der Waals surface area contributed by atoms with Gasteiger partial charge in [-0.25, -0.2) is 4.98 Å². The molecular weight excluding hydrogens is 244 g/mol. The molecule has 0 aliphatic rings. The first kappa shape index (κ1) is 11.1. The molecule has 0 aliphatic heterocycles. The zero-order valence-electron chi connectivity index (χ0n) is 9.55. The number of benzene rings is 2. The van der Waals surface area contributed by atoms with E-state index >= 15 is 0 Å². The van der Waals surface area contributed by atoms with Gasteiger partial charge in [0.1, 0.15) is 0 Å². The fourth-order valence-electron chi connectivity index (χ4n) is 2.36. The third-order valence-electron chi connectivity index (χ3n) is 3.18. The summed E-state index contributed by atoms with van der Waals surface area (Å²) in [6, 6.07) is 18.7.